The lowest BCUT2D eigenvalue weighted by Crippen LogP contribution is -2.26. The molecule has 9 nitrogen and oxygen atoms in total. The number of esters is 2. The molecule has 9 heteroatoms. The van der Waals surface area contributed by atoms with Crippen molar-refractivity contribution in [1.29, 1.82) is 0 Å². The SMILES string of the molecule is COC(=O)C1=C(C(=O)OC)N(c2ccc(-n3ccc(C(=O)O)n3)cc2)C=CC=C1. The van der Waals surface area contributed by atoms with Gasteiger partial charge in [0.2, 0.25) is 0 Å². The van der Waals surface area contributed by atoms with Crippen LogP contribution >= 0.6 is 0 Å². The van der Waals surface area contributed by atoms with Gasteiger partial charge in [-0.1, -0.05) is 6.08 Å². The first-order valence-corrected chi connectivity index (χ1v) is 8.40. The number of hydrogen-bond acceptors (Lipinski definition) is 7. The van der Waals surface area contributed by atoms with Gasteiger partial charge in [0.25, 0.3) is 0 Å². The van der Waals surface area contributed by atoms with Gasteiger partial charge in [0.05, 0.1) is 25.5 Å². The summed E-state index contributed by atoms with van der Waals surface area (Å²) in [6.07, 6.45) is 7.90. The molecule has 2 aromatic rings. The van der Waals surface area contributed by atoms with Gasteiger partial charge in [-0.25, -0.2) is 19.1 Å². The highest BCUT2D eigenvalue weighted by molar-refractivity contribution is 6.05. The Morgan fingerprint density at radius 2 is 1.59 bits per heavy atom. The zero-order chi connectivity index (χ0) is 21.0. The lowest BCUT2D eigenvalue weighted by atomic mass is 10.1. The van der Waals surface area contributed by atoms with Gasteiger partial charge in [0.15, 0.2) is 5.69 Å². The Labute approximate surface area is 165 Å². The van der Waals surface area contributed by atoms with Crippen molar-refractivity contribution in [2.75, 3.05) is 19.1 Å². The summed E-state index contributed by atoms with van der Waals surface area (Å²) in [6, 6.07) is 8.19. The van der Waals surface area contributed by atoms with E-state index in [-0.39, 0.29) is 17.0 Å². The third-order valence-corrected chi connectivity index (χ3v) is 4.09. The number of allylic oxidation sites excluding steroid dienone is 2. The van der Waals surface area contributed by atoms with Crippen LogP contribution in [0.25, 0.3) is 5.69 Å². The van der Waals surface area contributed by atoms with Gasteiger partial charge in [0.1, 0.15) is 5.70 Å². The van der Waals surface area contributed by atoms with E-state index in [4.69, 9.17) is 14.6 Å². The first-order chi connectivity index (χ1) is 14.0. The van der Waals surface area contributed by atoms with Gasteiger partial charge in [-0.05, 0) is 42.5 Å². The zero-order valence-corrected chi connectivity index (χ0v) is 15.6. The molecule has 148 valence electrons. The van der Waals surface area contributed by atoms with Crippen molar-refractivity contribution in [2.24, 2.45) is 0 Å². The van der Waals surface area contributed by atoms with Crippen molar-refractivity contribution >= 4 is 23.6 Å². The minimum absolute atomic E-state index is 0.00403. The quantitative estimate of drug-likeness (QED) is 0.766. The van der Waals surface area contributed by atoms with Crippen LogP contribution in [-0.4, -0.2) is 47.0 Å². The Bertz CT molecular complexity index is 1050. The Balaban J connectivity index is 2.02. The molecular weight excluding hydrogens is 378 g/mol. The Morgan fingerprint density at radius 1 is 0.931 bits per heavy atom. The molecule has 0 radical (unpaired) electrons. The minimum atomic E-state index is -1.12. The maximum absolute atomic E-state index is 12.4. The topological polar surface area (TPSA) is 111 Å². The van der Waals surface area contributed by atoms with Gasteiger partial charge in [-0.2, -0.15) is 5.10 Å². The summed E-state index contributed by atoms with van der Waals surface area (Å²) in [5, 5.41) is 13.0. The monoisotopic (exact) mass is 395 g/mol. The van der Waals surface area contributed by atoms with E-state index in [0.717, 1.165) is 0 Å². The summed E-state index contributed by atoms with van der Waals surface area (Å²) < 4.78 is 11.1. The predicted molar refractivity (Wildman–Crippen MR) is 102 cm³/mol. The van der Waals surface area contributed by atoms with E-state index < -0.39 is 17.9 Å². The number of benzene rings is 1. The molecule has 2 heterocycles. The number of aromatic carboxylic acids is 1. The van der Waals surface area contributed by atoms with Crippen LogP contribution in [0.3, 0.4) is 0 Å². The van der Waals surface area contributed by atoms with Crippen molar-refractivity contribution in [3.05, 3.63) is 77.9 Å². The molecule has 1 aliphatic heterocycles. The summed E-state index contributed by atoms with van der Waals surface area (Å²) >= 11 is 0. The molecule has 0 bridgehead atoms. The molecule has 29 heavy (non-hydrogen) atoms. The Morgan fingerprint density at radius 3 is 2.17 bits per heavy atom. The highest BCUT2D eigenvalue weighted by Gasteiger charge is 2.27. The number of aromatic nitrogens is 2. The van der Waals surface area contributed by atoms with Gasteiger partial charge in [-0.3, -0.25) is 0 Å². The fourth-order valence-electron chi connectivity index (χ4n) is 2.71. The van der Waals surface area contributed by atoms with Gasteiger partial charge in [-0.15, -0.1) is 0 Å². The predicted octanol–water partition coefficient (Wildman–Crippen LogP) is 2.06. The fourth-order valence-corrected chi connectivity index (χ4v) is 2.71. The number of rotatable bonds is 5. The minimum Gasteiger partial charge on any atom is -0.476 e. The molecule has 0 unspecified atom stereocenters. The summed E-state index contributed by atoms with van der Waals surface area (Å²) in [7, 11) is 2.45. The average molecular weight is 395 g/mol. The molecule has 1 N–H and O–H groups in total. The molecule has 1 aliphatic rings. The third-order valence-electron chi connectivity index (χ3n) is 4.09. The smallest absolute Gasteiger partial charge is 0.356 e. The number of ether oxygens (including phenoxy) is 2. The molecule has 0 saturated heterocycles. The summed E-state index contributed by atoms with van der Waals surface area (Å²) in [6.45, 7) is 0. The van der Waals surface area contributed by atoms with Crippen LogP contribution in [0.1, 0.15) is 10.5 Å². The maximum Gasteiger partial charge on any atom is 0.356 e. The zero-order valence-electron chi connectivity index (χ0n) is 15.6. The second-order valence-electron chi connectivity index (χ2n) is 5.78. The highest BCUT2D eigenvalue weighted by Crippen LogP contribution is 2.27. The van der Waals surface area contributed by atoms with Crippen LogP contribution in [0, 0.1) is 0 Å². The van der Waals surface area contributed by atoms with Crippen molar-refractivity contribution in [2.45, 2.75) is 0 Å². The lowest BCUT2D eigenvalue weighted by Gasteiger charge is -2.23. The summed E-state index contributed by atoms with van der Waals surface area (Å²) in [5.74, 6) is -2.50. The van der Waals surface area contributed by atoms with Crippen molar-refractivity contribution in [3.63, 3.8) is 0 Å². The number of carbonyl (C=O) groups is 3. The second-order valence-corrected chi connectivity index (χ2v) is 5.78. The molecule has 3 rings (SSSR count). The number of nitrogens with zero attached hydrogens (tertiary/aromatic N) is 3. The first kappa shape index (κ1) is 19.6. The van der Waals surface area contributed by atoms with E-state index >= 15 is 0 Å². The Kier molecular flexibility index (Phi) is 5.59. The molecule has 0 spiro atoms. The molecule has 0 amide bonds. The van der Waals surface area contributed by atoms with Crippen LogP contribution in [0.15, 0.2) is 72.2 Å². The fraction of sp³-hybridized carbons (Fsp3) is 0.100. The number of anilines is 1. The molecule has 0 aliphatic carbocycles. The molecular formula is C20H17N3O6. The van der Waals surface area contributed by atoms with E-state index in [0.29, 0.717) is 11.4 Å². The van der Waals surface area contributed by atoms with Gasteiger partial charge >= 0.3 is 17.9 Å². The van der Waals surface area contributed by atoms with Crippen molar-refractivity contribution < 1.29 is 29.0 Å². The summed E-state index contributed by atoms with van der Waals surface area (Å²) in [4.78, 5) is 37.1. The second kappa shape index (κ2) is 8.26. The van der Waals surface area contributed by atoms with Crippen molar-refractivity contribution in [3.8, 4) is 5.69 Å². The van der Waals surface area contributed by atoms with Crippen LogP contribution in [-0.2, 0) is 19.1 Å². The van der Waals surface area contributed by atoms with Crippen LogP contribution in [0.4, 0.5) is 5.69 Å². The molecule has 1 aromatic carbocycles. The van der Waals surface area contributed by atoms with E-state index in [1.165, 1.54) is 42.1 Å². The van der Waals surface area contributed by atoms with Crippen LogP contribution in [0.2, 0.25) is 0 Å². The largest absolute Gasteiger partial charge is 0.476 e. The third kappa shape index (κ3) is 3.93. The molecule has 0 fully saturated rings. The number of carboxylic acids is 1. The van der Waals surface area contributed by atoms with Gasteiger partial charge in [0, 0.05) is 18.1 Å². The Hall–Kier alpha value is -4.14. The normalized spacial score (nSPS) is 13.2. The number of hydrogen-bond donors (Lipinski definition) is 1. The van der Waals surface area contributed by atoms with E-state index in [1.54, 1.807) is 42.6 Å². The number of carboxylic acid groups (broad SMARTS) is 1. The first-order valence-electron chi connectivity index (χ1n) is 8.40. The molecule has 0 saturated carbocycles. The summed E-state index contributed by atoms with van der Waals surface area (Å²) in [5.41, 5.74) is 1.17. The standard InChI is InChI=1S/C20H17N3O6/c1-28-19(26)15-5-3-4-11-22(17(15)20(27)29-2)13-6-8-14(9-7-13)23-12-10-16(21-23)18(24)25/h3-12H,1-2H3,(H,24,25). The van der Waals surface area contributed by atoms with Gasteiger partial charge < -0.3 is 19.5 Å². The number of carbonyl (C=O) groups excluding carboxylic acids is 2. The van der Waals surface area contributed by atoms with Crippen molar-refractivity contribution in [1.82, 2.24) is 9.78 Å². The number of methoxy groups -OCH3 is 2. The van der Waals surface area contributed by atoms with E-state index in [1.807, 2.05) is 0 Å². The maximum atomic E-state index is 12.4. The molecule has 0 atom stereocenters. The molecule has 1 aromatic heterocycles. The van der Waals surface area contributed by atoms with E-state index in [9.17, 15) is 14.4 Å². The lowest BCUT2D eigenvalue weighted by molar-refractivity contribution is -0.139. The van der Waals surface area contributed by atoms with Crippen LogP contribution < -0.4 is 4.90 Å². The van der Waals surface area contributed by atoms with Crippen LogP contribution in [0.5, 0.6) is 0 Å². The average Bonchev–Trinajstić information content (AvgIpc) is 3.13. The van der Waals surface area contributed by atoms with E-state index in [2.05, 4.69) is 5.10 Å². The highest BCUT2D eigenvalue weighted by atomic mass is 16.5.